The van der Waals surface area contributed by atoms with Crippen molar-refractivity contribution in [1.29, 1.82) is 0 Å². The summed E-state index contributed by atoms with van der Waals surface area (Å²) in [6.07, 6.45) is 0. The molecule has 0 aliphatic heterocycles. The predicted molar refractivity (Wildman–Crippen MR) is 131 cm³/mol. The molecule has 2 N–H and O–H groups in total. The van der Waals surface area contributed by atoms with Gasteiger partial charge in [-0.25, -0.2) is 13.4 Å². The zero-order chi connectivity index (χ0) is 24.5. The van der Waals surface area contributed by atoms with Crippen LogP contribution in [0.1, 0.15) is 0 Å². The summed E-state index contributed by atoms with van der Waals surface area (Å²) in [5.41, 5.74) is 0.854. The summed E-state index contributed by atoms with van der Waals surface area (Å²) in [5, 5.41) is 13.1. The molecule has 0 aliphatic carbocycles. The fraction of sp³-hybridized carbons (Fsp3) is 0.136. The maximum absolute atomic E-state index is 12.3. The zero-order valence-electron chi connectivity index (χ0n) is 17.7. The van der Waals surface area contributed by atoms with Crippen LogP contribution in [0.3, 0.4) is 0 Å². The molecule has 4 aromatic rings. The van der Waals surface area contributed by atoms with Gasteiger partial charge in [-0.2, -0.15) is 4.98 Å². The number of hydrogen-bond donors (Lipinski definition) is 2. The molecule has 0 radical (unpaired) electrons. The lowest BCUT2D eigenvalue weighted by atomic mass is 10.1. The van der Waals surface area contributed by atoms with Gasteiger partial charge in [0.2, 0.25) is 5.95 Å². The predicted octanol–water partition coefficient (Wildman–Crippen LogP) is 3.33. The molecule has 0 saturated carbocycles. The van der Waals surface area contributed by atoms with Crippen LogP contribution in [0, 0.1) is 0 Å². The van der Waals surface area contributed by atoms with Crippen molar-refractivity contribution in [3.63, 3.8) is 0 Å². The summed E-state index contributed by atoms with van der Waals surface area (Å²) in [6.45, 7) is -0.496. The van der Waals surface area contributed by atoms with E-state index in [2.05, 4.69) is 15.3 Å². The highest BCUT2D eigenvalue weighted by molar-refractivity contribution is 7.91. The maximum Gasteiger partial charge on any atom is 0.285 e. The number of nitrogens with one attached hydrogen (secondary N) is 1. The van der Waals surface area contributed by atoms with Gasteiger partial charge >= 0.3 is 0 Å². The number of anilines is 2. The van der Waals surface area contributed by atoms with E-state index in [1.165, 1.54) is 25.3 Å². The molecule has 9 nitrogen and oxygen atoms in total. The van der Waals surface area contributed by atoms with Gasteiger partial charge < -0.3 is 15.3 Å². The van der Waals surface area contributed by atoms with Gasteiger partial charge in [0.25, 0.3) is 5.56 Å². The van der Waals surface area contributed by atoms with E-state index in [0.29, 0.717) is 32.4 Å². The number of aliphatic hydroxyl groups excluding tert-OH is 1. The smallest absolute Gasteiger partial charge is 0.285 e. The second kappa shape index (κ2) is 9.59. The number of hydrogen-bond acceptors (Lipinski definition) is 8. The van der Waals surface area contributed by atoms with Gasteiger partial charge in [-0.3, -0.25) is 4.79 Å². The lowest BCUT2D eigenvalue weighted by Crippen LogP contribution is -2.25. The molecule has 0 saturated heterocycles. The van der Waals surface area contributed by atoms with Crippen molar-refractivity contribution in [3.05, 3.63) is 75.0 Å². The number of aliphatic hydroxyl groups is 1. The molecular formula is C22H18Cl2N4O5S. The van der Waals surface area contributed by atoms with E-state index in [0.717, 1.165) is 4.73 Å². The Morgan fingerprint density at radius 2 is 1.76 bits per heavy atom. The second-order valence-electron chi connectivity index (χ2n) is 7.07. The number of nitrogens with zero attached hydrogens (tertiary/aromatic N) is 3. The van der Waals surface area contributed by atoms with Crippen molar-refractivity contribution in [3.8, 4) is 11.3 Å². The molecule has 0 spiro atoms. The molecule has 12 heteroatoms. The van der Waals surface area contributed by atoms with Gasteiger partial charge in [0.05, 0.1) is 33.0 Å². The molecule has 2 heterocycles. The van der Waals surface area contributed by atoms with Crippen LogP contribution in [-0.4, -0.2) is 47.7 Å². The van der Waals surface area contributed by atoms with E-state index in [1.54, 1.807) is 36.4 Å². The number of fused-ring (bicyclic) bond motifs is 1. The Morgan fingerprint density at radius 3 is 2.44 bits per heavy atom. The highest BCUT2D eigenvalue weighted by atomic mass is 35.5. The lowest BCUT2D eigenvalue weighted by molar-refractivity contribution is 0.167. The number of halogens is 2. The van der Waals surface area contributed by atoms with Crippen molar-refractivity contribution >= 4 is 55.7 Å². The average Bonchev–Trinajstić information content (AvgIpc) is 2.79. The average molecular weight is 521 g/mol. The summed E-state index contributed by atoms with van der Waals surface area (Å²) in [7, 11) is -2.34. The molecule has 2 aromatic carbocycles. The normalized spacial score (nSPS) is 11.5. The van der Waals surface area contributed by atoms with Gasteiger partial charge in [-0.1, -0.05) is 35.3 Å². The molecule has 0 unspecified atom stereocenters. The molecular weight excluding hydrogens is 503 g/mol. The van der Waals surface area contributed by atoms with Gasteiger partial charge in [-0.05, 0) is 36.4 Å². The zero-order valence-corrected chi connectivity index (χ0v) is 20.0. The summed E-state index contributed by atoms with van der Waals surface area (Å²) in [6, 6.07) is 13.9. The molecule has 0 fully saturated rings. The van der Waals surface area contributed by atoms with Crippen molar-refractivity contribution in [1.82, 2.24) is 14.7 Å². The molecule has 4 rings (SSSR count). The molecule has 34 heavy (non-hydrogen) atoms. The van der Waals surface area contributed by atoms with Crippen LogP contribution in [0.5, 0.6) is 0 Å². The minimum absolute atomic E-state index is 0.0236. The monoisotopic (exact) mass is 520 g/mol. The highest BCUT2D eigenvalue weighted by Crippen LogP contribution is 2.37. The molecule has 0 atom stereocenters. The van der Waals surface area contributed by atoms with E-state index in [9.17, 15) is 13.2 Å². The van der Waals surface area contributed by atoms with Crippen LogP contribution in [0.15, 0.2) is 64.3 Å². The Hall–Kier alpha value is -3.18. The van der Waals surface area contributed by atoms with E-state index < -0.39 is 27.8 Å². The van der Waals surface area contributed by atoms with Crippen molar-refractivity contribution in [2.75, 3.05) is 24.8 Å². The summed E-state index contributed by atoms with van der Waals surface area (Å²) >= 11 is 12.9. The van der Waals surface area contributed by atoms with Crippen molar-refractivity contribution in [2.24, 2.45) is 0 Å². The minimum atomic E-state index is -3.67. The first-order valence-corrected chi connectivity index (χ1v) is 12.3. The first-order valence-electron chi connectivity index (χ1n) is 9.88. The number of rotatable bonds is 7. The molecule has 176 valence electrons. The quantitative estimate of drug-likeness (QED) is 0.380. The summed E-state index contributed by atoms with van der Waals surface area (Å²) < 4.78 is 25.7. The first kappa shape index (κ1) is 24.0. The van der Waals surface area contributed by atoms with Crippen LogP contribution in [0.4, 0.5) is 11.6 Å². The van der Waals surface area contributed by atoms with Gasteiger partial charge in [0.15, 0.2) is 15.5 Å². The number of pyridine rings is 1. The first-order chi connectivity index (χ1) is 16.2. The largest absolute Gasteiger partial charge is 0.412 e. The second-order valence-corrected chi connectivity index (χ2v) is 10.00. The van der Waals surface area contributed by atoms with Crippen LogP contribution in [0.2, 0.25) is 10.0 Å². The Kier molecular flexibility index (Phi) is 6.76. The van der Waals surface area contributed by atoms with E-state index in [4.69, 9.17) is 33.1 Å². The van der Waals surface area contributed by atoms with E-state index in [-0.39, 0.29) is 16.5 Å². The number of sulfone groups is 1. The molecule has 2 aromatic heterocycles. The number of benzene rings is 2. The highest BCUT2D eigenvalue weighted by Gasteiger charge is 2.19. The Balaban J connectivity index is 1.92. The molecule has 0 amide bonds. The van der Waals surface area contributed by atoms with Crippen LogP contribution < -0.4 is 15.7 Å². The Labute approximate surface area is 204 Å². The topological polar surface area (TPSA) is 123 Å². The molecule has 0 aliphatic rings. The lowest BCUT2D eigenvalue weighted by Gasteiger charge is -2.15. The Morgan fingerprint density at radius 1 is 1.06 bits per heavy atom. The minimum Gasteiger partial charge on any atom is -0.412 e. The maximum atomic E-state index is 12.3. The third-order valence-corrected chi connectivity index (χ3v) is 7.22. The van der Waals surface area contributed by atoms with Crippen molar-refractivity contribution in [2.45, 2.75) is 4.90 Å². The summed E-state index contributed by atoms with van der Waals surface area (Å²) in [4.78, 5) is 26.6. The van der Waals surface area contributed by atoms with Gasteiger partial charge in [-0.15, -0.1) is 4.73 Å². The van der Waals surface area contributed by atoms with Gasteiger partial charge in [0.1, 0.15) is 7.11 Å². The fourth-order valence-electron chi connectivity index (χ4n) is 3.37. The Bertz CT molecular complexity index is 1540. The van der Waals surface area contributed by atoms with E-state index in [1.807, 2.05) is 0 Å². The van der Waals surface area contributed by atoms with Crippen LogP contribution in [0.25, 0.3) is 22.3 Å². The summed E-state index contributed by atoms with van der Waals surface area (Å²) in [5.74, 6) is -0.357. The van der Waals surface area contributed by atoms with Crippen molar-refractivity contribution < 1.29 is 18.4 Å². The third kappa shape index (κ3) is 4.58. The third-order valence-electron chi connectivity index (χ3n) is 4.90. The fourth-order valence-corrected chi connectivity index (χ4v) is 5.02. The standard InChI is InChI=1S/C22H18Cl2N4O5S/c1-33-28-18(30)9-8-15-20(19-16(23)6-3-7-17(19)24)26-22(27-21(15)28)25-13-4-2-5-14(12-13)34(31,32)11-10-29/h2-9,12,29H,10-11H2,1H3,(H,25,26,27). The van der Waals surface area contributed by atoms with Crippen LogP contribution in [-0.2, 0) is 9.84 Å². The molecule has 0 bridgehead atoms. The van der Waals surface area contributed by atoms with E-state index >= 15 is 0 Å². The SMILES string of the molecule is COn1c(=O)ccc2c(-c3c(Cl)cccc3Cl)nc(Nc3cccc(S(=O)(=O)CCO)c3)nc21. The number of aromatic nitrogens is 3. The van der Waals surface area contributed by atoms with Crippen LogP contribution >= 0.6 is 23.2 Å². The van der Waals surface area contributed by atoms with Gasteiger partial charge in [0, 0.05) is 22.7 Å².